The molecule has 2 fully saturated rings. The molecule has 0 aromatic carbocycles. The first-order chi connectivity index (χ1) is 9.64. The Morgan fingerprint density at radius 1 is 1.40 bits per heavy atom. The summed E-state index contributed by atoms with van der Waals surface area (Å²) >= 11 is 1.67. The van der Waals surface area contributed by atoms with Crippen molar-refractivity contribution in [1.82, 2.24) is 15.1 Å². The Balaban J connectivity index is 1.56. The molecule has 5 nitrogen and oxygen atoms in total. The van der Waals surface area contributed by atoms with Crippen LogP contribution < -0.4 is 0 Å². The van der Waals surface area contributed by atoms with Crippen molar-refractivity contribution in [2.24, 2.45) is 5.41 Å². The molecule has 1 aliphatic carbocycles. The third-order valence-electron chi connectivity index (χ3n) is 4.82. The Hall–Kier alpha value is -0.560. The summed E-state index contributed by atoms with van der Waals surface area (Å²) in [5, 5.41) is 20.6. The van der Waals surface area contributed by atoms with Crippen LogP contribution in [0.25, 0.3) is 0 Å². The van der Waals surface area contributed by atoms with Gasteiger partial charge in [0, 0.05) is 18.4 Å². The minimum atomic E-state index is -0.176. The highest BCUT2D eigenvalue weighted by molar-refractivity contribution is 7.11. The maximum atomic E-state index is 10.2. The number of ether oxygens (including phenoxy) is 1. The zero-order valence-corrected chi connectivity index (χ0v) is 13.0. The van der Waals surface area contributed by atoms with Crippen LogP contribution in [0.15, 0.2) is 0 Å². The summed E-state index contributed by atoms with van der Waals surface area (Å²) in [4.78, 5) is 2.42. The third kappa shape index (κ3) is 2.50. The molecule has 1 aromatic rings. The lowest BCUT2D eigenvalue weighted by Crippen LogP contribution is -2.62. The predicted octanol–water partition coefficient (Wildman–Crippen LogP) is 1.60. The summed E-state index contributed by atoms with van der Waals surface area (Å²) < 4.78 is 5.80. The van der Waals surface area contributed by atoms with Gasteiger partial charge in [-0.05, 0) is 39.8 Å². The van der Waals surface area contributed by atoms with Crippen LogP contribution in [0.4, 0.5) is 0 Å². The first kappa shape index (κ1) is 14.4. The van der Waals surface area contributed by atoms with E-state index in [9.17, 15) is 5.11 Å². The fourth-order valence-electron chi connectivity index (χ4n) is 3.54. The summed E-state index contributed by atoms with van der Waals surface area (Å²) in [5.74, 6) is 0. The van der Waals surface area contributed by atoms with E-state index in [0.29, 0.717) is 0 Å². The van der Waals surface area contributed by atoms with E-state index < -0.39 is 0 Å². The molecule has 0 unspecified atom stereocenters. The van der Waals surface area contributed by atoms with Crippen LogP contribution in [0, 0.1) is 12.3 Å². The minimum Gasteiger partial charge on any atom is -0.392 e. The largest absolute Gasteiger partial charge is 0.392 e. The Kier molecular flexibility index (Phi) is 4.08. The van der Waals surface area contributed by atoms with Gasteiger partial charge in [-0.1, -0.05) is 0 Å². The number of likely N-dealkylation sites (tertiary alicyclic amines) is 1. The molecule has 1 aromatic heterocycles. The molecular weight excluding hydrogens is 274 g/mol. The van der Waals surface area contributed by atoms with E-state index in [1.807, 2.05) is 13.8 Å². The first-order valence-corrected chi connectivity index (χ1v) is 8.26. The third-order valence-corrected chi connectivity index (χ3v) is 5.65. The highest BCUT2D eigenvalue weighted by atomic mass is 32.1. The van der Waals surface area contributed by atoms with Crippen LogP contribution in [0.3, 0.4) is 0 Å². The van der Waals surface area contributed by atoms with Crippen molar-refractivity contribution in [3.8, 4) is 0 Å². The number of rotatable bonds is 4. The lowest BCUT2D eigenvalue weighted by Gasteiger charge is -2.56. The topological polar surface area (TPSA) is 58.5 Å². The van der Waals surface area contributed by atoms with Crippen molar-refractivity contribution >= 4 is 11.3 Å². The SMILES string of the molecule is CCO[C@@H]1C[C@H](O)C12CCN(Cc1nnc(C)s1)CC2. The number of aromatic nitrogens is 2. The predicted molar refractivity (Wildman–Crippen MR) is 77.6 cm³/mol. The Morgan fingerprint density at radius 3 is 2.70 bits per heavy atom. The Morgan fingerprint density at radius 2 is 2.15 bits per heavy atom. The van der Waals surface area contributed by atoms with Crippen LogP contribution in [0.5, 0.6) is 0 Å². The summed E-state index contributed by atoms with van der Waals surface area (Å²) in [7, 11) is 0. The summed E-state index contributed by atoms with van der Waals surface area (Å²) in [6.07, 6.45) is 2.94. The van der Waals surface area contributed by atoms with E-state index in [1.165, 1.54) is 0 Å². The average molecular weight is 297 g/mol. The lowest BCUT2D eigenvalue weighted by atomic mass is 9.58. The van der Waals surface area contributed by atoms with Gasteiger partial charge in [0.05, 0.1) is 18.8 Å². The van der Waals surface area contributed by atoms with Gasteiger partial charge in [0.1, 0.15) is 10.0 Å². The molecule has 3 rings (SSSR count). The average Bonchev–Trinajstić information content (AvgIpc) is 2.85. The molecule has 2 atom stereocenters. The molecule has 2 aliphatic rings. The number of hydrogen-bond donors (Lipinski definition) is 1. The molecule has 20 heavy (non-hydrogen) atoms. The van der Waals surface area contributed by atoms with E-state index in [0.717, 1.165) is 55.5 Å². The van der Waals surface area contributed by atoms with Gasteiger partial charge in [-0.3, -0.25) is 4.90 Å². The van der Waals surface area contributed by atoms with E-state index in [-0.39, 0.29) is 17.6 Å². The fraction of sp³-hybridized carbons (Fsp3) is 0.857. The minimum absolute atomic E-state index is 0.0174. The summed E-state index contributed by atoms with van der Waals surface area (Å²) in [5.41, 5.74) is 0.0174. The molecule has 0 bridgehead atoms. The normalized spacial score (nSPS) is 29.6. The lowest BCUT2D eigenvalue weighted by molar-refractivity contribution is -0.209. The van der Waals surface area contributed by atoms with Crippen molar-refractivity contribution in [2.75, 3.05) is 19.7 Å². The van der Waals surface area contributed by atoms with E-state index in [2.05, 4.69) is 15.1 Å². The highest BCUT2D eigenvalue weighted by Crippen LogP contribution is 2.51. The van der Waals surface area contributed by atoms with Gasteiger partial charge in [-0.25, -0.2) is 0 Å². The van der Waals surface area contributed by atoms with Crippen LogP contribution in [0.2, 0.25) is 0 Å². The number of hydrogen-bond acceptors (Lipinski definition) is 6. The molecule has 1 saturated heterocycles. The van der Waals surface area contributed by atoms with Crippen molar-refractivity contribution in [1.29, 1.82) is 0 Å². The molecule has 0 radical (unpaired) electrons. The maximum absolute atomic E-state index is 10.2. The molecule has 1 N–H and O–H groups in total. The van der Waals surface area contributed by atoms with Gasteiger partial charge in [0.25, 0.3) is 0 Å². The van der Waals surface area contributed by atoms with Gasteiger partial charge >= 0.3 is 0 Å². The van der Waals surface area contributed by atoms with Gasteiger partial charge in [-0.15, -0.1) is 21.5 Å². The molecular formula is C14H23N3O2S. The maximum Gasteiger partial charge on any atom is 0.131 e. The Labute approximate surface area is 124 Å². The first-order valence-electron chi connectivity index (χ1n) is 7.45. The quantitative estimate of drug-likeness (QED) is 0.915. The molecule has 1 saturated carbocycles. The molecule has 2 heterocycles. The second kappa shape index (κ2) is 5.67. The van der Waals surface area contributed by atoms with Crippen LogP contribution in [-0.2, 0) is 11.3 Å². The number of aliphatic hydroxyl groups is 1. The smallest absolute Gasteiger partial charge is 0.131 e. The zero-order valence-electron chi connectivity index (χ0n) is 12.2. The summed E-state index contributed by atoms with van der Waals surface area (Å²) in [6.45, 7) is 7.68. The standard InChI is InChI=1S/C14H23N3O2S/c1-3-19-12-8-11(18)14(12)4-6-17(7-5-14)9-13-16-15-10(2)20-13/h11-12,18H,3-9H2,1-2H3/t11-,12+/m0/s1. The van der Waals surface area contributed by atoms with Crippen molar-refractivity contribution < 1.29 is 9.84 Å². The van der Waals surface area contributed by atoms with E-state index >= 15 is 0 Å². The van der Waals surface area contributed by atoms with Crippen LogP contribution in [-0.4, -0.2) is 52.1 Å². The van der Waals surface area contributed by atoms with E-state index in [1.54, 1.807) is 11.3 Å². The highest BCUT2D eigenvalue weighted by Gasteiger charge is 2.55. The van der Waals surface area contributed by atoms with Gasteiger partial charge in [0.2, 0.25) is 0 Å². The van der Waals surface area contributed by atoms with Crippen molar-refractivity contribution in [3.63, 3.8) is 0 Å². The second-order valence-corrected chi connectivity index (χ2v) is 7.19. The number of piperidine rings is 1. The van der Waals surface area contributed by atoms with Gasteiger partial charge in [-0.2, -0.15) is 0 Å². The second-order valence-electron chi connectivity index (χ2n) is 5.92. The molecule has 112 valence electrons. The molecule has 0 amide bonds. The van der Waals surface area contributed by atoms with Gasteiger partial charge < -0.3 is 9.84 Å². The van der Waals surface area contributed by atoms with Crippen LogP contribution >= 0.6 is 11.3 Å². The molecule has 1 aliphatic heterocycles. The molecule has 1 spiro atoms. The van der Waals surface area contributed by atoms with Crippen molar-refractivity contribution in [2.45, 2.75) is 51.9 Å². The number of aryl methyl sites for hydroxylation is 1. The summed E-state index contributed by atoms with van der Waals surface area (Å²) in [6, 6.07) is 0. The number of aliphatic hydroxyl groups excluding tert-OH is 1. The number of nitrogens with zero attached hydrogens (tertiary/aromatic N) is 3. The van der Waals surface area contributed by atoms with E-state index in [4.69, 9.17) is 4.74 Å². The molecule has 6 heteroatoms. The van der Waals surface area contributed by atoms with Crippen LogP contribution in [0.1, 0.15) is 36.2 Å². The van der Waals surface area contributed by atoms with Gasteiger partial charge in [0.15, 0.2) is 0 Å². The zero-order chi connectivity index (χ0) is 14.2. The monoisotopic (exact) mass is 297 g/mol. The Bertz CT molecular complexity index is 455. The fourth-order valence-corrected chi connectivity index (χ4v) is 4.29. The van der Waals surface area contributed by atoms with Crippen molar-refractivity contribution in [3.05, 3.63) is 10.0 Å².